The molecule has 3 aromatic carbocycles. The molecule has 0 aromatic heterocycles. The normalized spacial score (nSPS) is 12.7. The first-order valence-electron chi connectivity index (χ1n) is 9.55. The van der Waals surface area contributed by atoms with Gasteiger partial charge in [-0.25, -0.2) is 5.09 Å². The first kappa shape index (κ1) is 21.8. The van der Waals surface area contributed by atoms with Crippen LogP contribution in [-0.2, 0) is 4.57 Å². The van der Waals surface area contributed by atoms with Gasteiger partial charge in [-0.1, -0.05) is 90.0 Å². The Kier molecular flexibility index (Phi) is 6.98. The van der Waals surface area contributed by atoms with Crippen molar-refractivity contribution in [3.63, 3.8) is 0 Å². The fourth-order valence-electron chi connectivity index (χ4n) is 2.89. The molecule has 1 N–H and O–H groups in total. The van der Waals surface area contributed by atoms with Crippen LogP contribution in [0.2, 0.25) is 19.6 Å². The summed E-state index contributed by atoms with van der Waals surface area (Å²) in [5.74, 6) is 3.40. The topological polar surface area (TPSA) is 29.1 Å². The van der Waals surface area contributed by atoms with Crippen molar-refractivity contribution >= 4 is 41.9 Å². The van der Waals surface area contributed by atoms with Gasteiger partial charge in [0.05, 0.1) is 6.04 Å². The van der Waals surface area contributed by atoms with Gasteiger partial charge in [0.1, 0.15) is 8.07 Å². The van der Waals surface area contributed by atoms with Crippen LogP contribution in [0.1, 0.15) is 11.6 Å². The molecule has 1 atom stereocenters. The van der Waals surface area contributed by atoms with Gasteiger partial charge in [-0.3, -0.25) is 4.57 Å². The number of hydrogen-bond acceptors (Lipinski definition) is 1. The Bertz CT molecular complexity index is 1010. The number of hydrogen-bond donors (Lipinski definition) is 1. The van der Waals surface area contributed by atoms with Gasteiger partial charge in [0.2, 0.25) is 7.29 Å². The Morgan fingerprint density at radius 1 is 0.828 bits per heavy atom. The molecule has 0 amide bonds. The lowest BCUT2D eigenvalue weighted by Gasteiger charge is -2.25. The summed E-state index contributed by atoms with van der Waals surface area (Å²) in [5, 5.41) is 5.02. The minimum atomic E-state index is -3.09. The largest absolute Gasteiger partial charge is 0.296 e. The first-order chi connectivity index (χ1) is 13.8. The third kappa shape index (κ3) is 5.81. The van der Waals surface area contributed by atoms with Gasteiger partial charge in [-0.15, -0.1) is 5.54 Å². The molecule has 2 nitrogen and oxygen atoms in total. The molecule has 0 spiro atoms. The second kappa shape index (κ2) is 9.28. The average molecular weight is 482 g/mol. The van der Waals surface area contributed by atoms with Crippen LogP contribution in [0.3, 0.4) is 0 Å². The Labute approximate surface area is 183 Å². The Balaban J connectivity index is 2.11. The van der Waals surface area contributed by atoms with E-state index in [1.165, 1.54) is 0 Å². The molecule has 0 radical (unpaired) electrons. The molecule has 0 fully saturated rings. The summed E-state index contributed by atoms with van der Waals surface area (Å²) in [4.78, 5) is 0. The zero-order valence-corrected chi connectivity index (χ0v) is 20.4. The van der Waals surface area contributed by atoms with Gasteiger partial charge in [0.15, 0.2) is 0 Å². The number of rotatable bonds is 5. The molecule has 0 aliphatic heterocycles. The van der Waals surface area contributed by atoms with Gasteiger partial charge in [-0.2, -0.15) is 0 Å². The maximum atomic E-state index is 14.4. The number of benzene rings is 3. The van der Waals surface area contributed by atoms with Crippen molar-refractivity contribution < 1.29 is 4.57 Å². The summed E-state index contributed by atoms with van der Waals surface area (Å²) in [6, 6.07) is 27.0. The van der Waals surface area contributed by atoms with E-state index in [0.717, 1.165) is 20.6 Å². The van der Waals surface area contributed by atoms with Crippen LogP contribution in [-0.4, -0.2) is 8.07 Å². The maximum absolute atomic E-state index is 14.4. The second-order valence-corrected chi connectivity index (χ2v) is 16.1. The summed E-state index contributed by atoms with van der Waals surface area (Å²) in [6.45, 7) is 6.64. The Hall–Kier alpha value is -1.89. The molecule has 0 saturated heterocycles. The van der Waals surface area contributed by atoms with Crippen molar-refractivity contribution in [2.24, 2.45) is 0 Å². The molecule has 0 aliphatic rings. The maximum Gasteiger partial charge on any atom is 0.205 e. The Morgan fingerprint density at radius 3 is 1.76 bits per heavy atom. The molecule has 0 aliphatic carbocycles. The van der Waals surface area contributed by atoms with Crippen LogP contribution in [0, 0.1) is 11.5 Å². The molecule has 29 heavy (non-hydrogen) atoms. The van der Waals surface area contributed by atoms with Gasteiger partial charge in [0, 0.05) is 15.1 Å². The highest BCUT2D eigenvalue weighted by Gasteiger charge is 2.30. The lowest BCUT2D eigenvalue weighted by Crippen LogP contribution is -2.30. The minimum Gasteiger partial charge on any atom is -0.296 e. The summed E-state index contributed by atoms with van der Waals surface area (Å²) >= 11 is 3.50. The van der Waals surface area contributed by atoms with E-state index in [1.807, 2.05) is 84.9 Å². The van der Waals surface area contributed by atoms with Crippen molar-refractivity contribution in [2.75, 3.05) is 0 Å². The van der Waals surface area contributed by atoms with E-state index in [2.05, 4.69) is 52.1 Å². The molecule has 5 heteroatoms. The Morgan fingerprint density at radius 2 is 1.31 bits per heavy atom. The van der Waals surface area contributed by atoms with Gasteiger partial charge >= 0.3 is 0 Å². The second-order valence-electron chi connectivity index (χ2n) is 7.91. The van der Waals surface area contributed by atoms with Gasteiger partial charge < -0.3 is 0 Å². The van der Waals surface area contributed by atoms with Crippen LogP contribution < -0.4 is 15.7 Å². The van der Waals surface area contributed by atoms with Crippen molar-refractivity contribution in [3.05, 3.63) is 95.0 Å². The molecule has 0 bridgehead atoms. The number of halogens is 1. The smallest absolute Gasteiger partial charge is 0.205 e. The van der Waals surface area contributed by atoms with Crippen LogP contribution in [0.15, 0.2) is 89.4 Å². The van der Waals surface area contributed by atoms with Crippen molar-refractivity contribution in [1.82, 2.24) is 5.09 Å². The number of nitrogens with one attached hydrogen (secondary N) is 1. The van der Waals surface area contributed by atoms with E-state index in [-0.39, 0.29) is 6.04 Å². The summed E-state index contributed by atoms with van der Waals surface area (Å²) in [6.07, 6.45) is 0. The van der Waals surface area contributed by atoms with Crippen molar-refractivity contribution in [1.29, 1.82) is 0 Å². The zero-order valence-electron chi connectivity index (χ0n) is 16.9. The molecule has 0 unspecified atom stereocenters. The quantitative estimate of drug-likeness (QED) is 0.279. The molecule has 3 rings (SSSR count). The predicted molar refractivity (Wildman–Crippen MR) is 131 cm³/mol. The summed E-state index contributed by atoms with van der Waals surface area (Å²) < 4.78 is 15.4. The lowest BCUT2D eigenvalue weighted by molar-refractivity contribution is 0.574. The molecule has 0 saturated carbocycles. The average Bonchev–Trinajstić information content (AvgIpc) is 2.72. The van der Waals surface area contributed by atoms with E-state index in [0.29, 0.717) is 0 Å². The molecular weight excluding hydrogens is 457 g/mol. The van der Waals surface area contributed by atoms with Crippen LogP contribution >= 0.6 is 23.2 Å². The predicted octanol–water partition coefficient (Wildman–Crippen LogP) is 5.89. The molecule has 3 aromatic rings. The fraction of sp³-hybridized carbons (Fsp3) is 0.167. The first-order valence-corrected chi connectivity index (χ1v) is 15.6. The highest BCUT2D eigenvalue weighted by molar-refractivity contribution is 9.10. The van der Waals surface area contributed by atoms with E-state index < -0.39 is 15.4 Å². The van der Waals surface area contributed by atoms with E-state index >= 15 is 0 Å². The van der Waals surface area contributed by atoms with E-state index in [9.17, 15) is 4.57 Å². The minimum absolute atomic E-state index is 0.332. The van der Waals surface area contributed by atoms with E-state index in [1.54, 1.807) is 0 Å². The van der Waals surface area contributed by atoms with Gasteiger partial charge in [0.25, 0.3) is 0 Å². The van der Waals surface area contributed by atoms with Crippen molar-refractivity contribution in [3.8, 4) is 11.5 Å². The lowest BCUT2D eigenvalue weighted by atomic mass is 10.1. The monoisotopic (exact) mass is 481 g/mol. The van der Waals surface area contributed by atoms with Crippen LogP contribution in [0.5, 0.6) is 0 Å². The zero-order chi connectivity index (χ0) is 20.9. The highest BCUT2D eigenvalue weighted by Crippen LogP contribution is 2.41. The van der Waals surface area contributed by atoms with Gasteiger partial charge in [-0.05, 0) is 42.0 Å². The summed E-state index contributed by atoms with van der Waals surface area (Å²) in [7, 11) is -4.69. The van der Waals surface area contributed by atoms with Crippen LogP contribution in [0.4, 0.5) is 0 Å². The fourth-order valence-corrected chi connectivity index (χ4v) is 6.09. The summed E-state index contributed by atoms with van der Waals surface area (Å²) in [5.41, 5.74) is 4.46. The molecule has 0 heterocycles. The van der Waals surface area contributed by atoms with Crippen LogP contribution in [0.25, 0.3) is 0 Å². The molecular formula is C24H25BrNOPSi. The van der Waals surface area contributed by atoms with Crippen molar-refractivity contribution in [2.45, 2.75) is 25.7 Å². The molecule has 148 valence electrons. The SMILES string of the molecule is C[Si](C)(C)C#C[C@@H](NP(=O)(c1ccccc1)c1ccccc1)c1ccc(Br)cc1. The van der Waals surface area contributed by atoms with E-state index in [4.69, 9.17) is 0 Å². The third-order valence-corrected chi connectivity index (χ3v) is 8.44. The third-order valence-electron chi connectivity index (χ3n) is 4.35. The standard InChI is InChI=1S/C24H25BrNOPSi/c1-29(2,3)19-18-24(20-14-16-21(25)17-15-20)26-28(27,22-10-6-4-7-11-22)23-12-8-5-9-13-23/h4-17,24H,1-3H3,(H,26,27)/t24-/m1/s1. The highest BCUT2D eigenvalue weighted by atomic mass is 79.9.